The van der Waals surface area contributed by atoms with Gasteiger partial charge in [-0.25, -0.2) is 9.37 Å². The number of alkyl halides is 1. The van der Waals surface area contributed by atoms with Crippen LogP contribution in [0.25, 0.3) is 11.0 Å². The van der Waals surface area contributed by atoms with Gasteiger partial charge >= 0.3 is 0 Å². The summed E-state index contributed by atoms with van der Waals surface area (Å²) in [5.74, 6) is 1.15. The number of rotatable bonds is 4. The van der Waals surface area contributed by atoms with Crippen LogP contribution < -0.4 is 0 Å². The number of aryl methyl sites for hydroxylation is 1. The maximum Gasteiger partial charge on any atom is 0.125 e. The van der Waals surface area contributed by atoms with Crippen molar-refractivity contribution in [2.45, 2.75) is 12.4 Å². The molecule has 0 aliphatic rings. The molecule has 0 amide bonds. The molecule has 0 aliphatic carbocycles. The molecule has 92 valence electrons. The van der Waals surface area contributed by atoms with Crippen molar-refractivity contribution in [1.82, 2.24) is 9.55 Å². The van der Waals surface area contributed by atoms with E-state index in [0.29, 0.717) is 23.6 Å². The summed E-state index contributed by atoms with van der Waals surface area (Å²) in [6.07, 6.45) is 1.65. The van der Waals surface area contributed by atoms with Crippen molar-refractivity contribution < 1.29 is 8.60 Å². The summed E-state index contributed by atoms with van der Waals surface area (Å²) in [6.45, 7) is 0.577. The van der Waals surface area contributed by atoms with Crippen LogP contribution in [0.2, 0.25) is 0 Å². The van der Waals surface area contributed by atoms with Gasteiger partial charge in [-0.3, -0.25) is 4.21 Å². The lowest BCUT2D eigenvalue weighted by molar-refractivity contribution is 0.629. The molecule has 0 saturated carbocycles. The van der Waals surface area contributed by atoms with Crippen LogP contribution in [0.15, 0.2) is 18.2 Å². The number of hydrogen-bond acceptors (Lipinski definition) is 2. The Bertz CT molecular complexity index is 570. The van der Waals surface area contributed by atoms with E-state index in [2.05, 4.69) is 4.98 Å². The van der Waals surface area contributed by atoms with E-state index >= 15 is 0 Å². The molecule has 2 aromatic rings. The maximum atomic E-state index is 13.1. The lowest BCUT2D eigenvalue weighted by Gasteiger charge is -2.05. The first-order valence-corrected chi connectivity index (χ1v) is 7.38. The van der Waals surface area contributed by atoms with Gasteiger partial charge in [-0.05, 0) is 12.1 Å². The predicted molar refractivity (Wildman–Crippen MR) is 68.2 cm³/mol. The molecule has 0 bridgehead atoms. The van der Waals surface area contributed by atoms with Crippen molar-refractivity contribution in [2.75, 3.05) is 12.0 Å². The van der Waals surface area contributed by atoms with E-state index in [1.807, 2.05) is 4.57 Å². The highest BCUT2D eigenvalue weighted by atomic mass is 35.5. The van der Waals surface area contributed by atoms with Gasteiger partial charge in [0.05, 0.1) is 16.9 Å². The van der Waals surface area contributed by atoms with Gasteiger partial charge < -0.3 is 4.57 Å². The largest absolute Gasteiger partial charge is 0.326 e. The van der Waals surface area contributed by atoms with Gasteiger partial charge in [-0.15, -0.1) is 11.6 Å². The number of hydrogen-bond donors (Lipinski definition) is 0. The Morgan fingerprint density at radius 2 is 2.29 bits per heavy atom. The third kappa shape index (κ3) is 2.66. The highest BCUT2D eigenvalue weighted by Gasteiger charge is 2.10. The van der Waals surface area contributed by atoms with Crippen LogP contribution in [0, 0.1) is 5.82 Å². The van der Waals surface area contributed by atoms with E-state index < -0.39 is 10.8 Å². The molecule has 6 heteroatoms. The van der Waals surface area contributed by atoms with Gasteiger partial charge in [0.2, 0.25) is 0 Å². The molecule has 0 spiro atoms. The quantitative estimate of drug-likeness (QED) is 0.802. The Morgan fingerprint density at radius 3 is 2.94 bits per heavy atom. The van der Waals surface area contributed by atoms with Crippen LogP contribution in [-0.2, 0) is 23.2 Å². The number of halogens is 2. The standard InChI is InChI=1S/C11H12ClFN2OS/c1-17(16)5-4-15-10-3-2-8(13)6-9(10)14-11(15)7-12/h2-3,6H,4-5,7H2,1H3. The molecule has 1 atom stereocenters. The van der Waals surface area contributed by atoms with Crippen LogP contribution in [0.5, 0.6) is 0 Å². The molecular weight excluding hydrogens is 263 g/mol. The molecule has 0 saturated heterocycles. The summed E-state index contributed by atoms with van der Waals surface area (Å²) in [6, 6.07) is 4.44. The van der Waals surface area contributed by atoms with Gasteiger partial charge in [-0.2, -0.15) is 0 Å². The Balaban J connectivity index is 2.47. The van der Waals surface area contributed by atoms with Gasteiger partial charge in [0.1, 0.15) is 11.6 Å². The molecule has 0 aliphatic heterocycles. The summed E-state index contributed by atoms with van der Waals surface area (Å²) in [5, 5.41) is 0. The second-order valence-electron chi connectivity index (χ2n) is 3.72. The van der Waals surface area contributed by atoms with Crippen molar-refractivity contribution in [3.63, 3.8) is 0 Å². The van der Waals surface area contributed by atoms with Crippen molar-refractivity contribution >= 4 is 33.4 Å². The molecule has 1 aromatic carbocycles. The maximum absolute atomic E-state index is 13.1. The number of benzene rings is 1. The summed E-state index contributed by atoms with van der Waals surface area (Å²) in [5.41, 5.74) is 1.41. The van der Waals surface area contributed by atoms with Gasteiger partial charge in [-0.1, -0.05) is 0 Å². The highest BCUT2D eigenvalue weighted by molar-refractivity contribution is 7.84. The van der Waals surface area contributed by atoms with Crippen molar-refractivity contribution in [2.24, 2.45) is 0 Å². The van der Waals surface area contributed by atoms with E-state index in [1.165, 1.54) is 12.1 Å². The van der Waals surface area contributed by atoms with Crippen LogP contribution in [-0.4, -0.2) is 25.8 Å². The molecule has 0 fully saturated rings. The number of imidazole rings is 1. The number of nitrogens with zero attached hydrogens (tertiary/aromatic N) is 2. The summed E-state index contributed by atoms with van der Waals surface area (Å²) in [4.78, 5) is 4.26. The zero-order chi connectivity index (χ0) is 12.4. The fourth-order valence-electron chi connectivity index (χ4n) is 1.72. The SMILES string of the molecule is CS(=O)CCn1c(CCl)nc2cc(F)ccc21. The van der Waals surface area contributed by atoms with Crippen molar-refractivity contribution in [3.05, 3.63) is 29.8 Å². The first-order chi connectivity index (χ1) is 8.11. The molecular formula is C11H12ClFN2OS. The van der Waals surface area contributed by atoms with Crippen LogP contribution in [0.1, 0.15) is 5.82 Å². The fraction of sp³-hybridized carbons (Fsp3) is 0.364. The van der Waals surface area contributed by atoms with Gasteiger partial charge in [0, 0.05) is 35.4 Å². The average molecular weight is 275 g/mol. The monoisotopic (exact) mass is 274 g/mol. The molecule has 17 heavy (non-hydrogen) atoms. The molecule has 1 unspecified atom stereocenters. The molecule has 2 rings (SSSR count). The molecule has 0 N–H and O–H groups in total. The smallest absolute Gasteiger partial charge is 0.125 e. The second-order valence-corrected chi connectivity index (χ2v) is 5.55. The van der Waals surface area contributed by atoms with E-state index in [1.54, 1.807) is 12.3 Å². The lowest BCUT2D eigenvalue weighted by Crippen LogP contribution is -2.09. The Labute approximate surface area is 106 Å². The molecule has 1 aromatic heterocycles. The topological polar surface area (TPSA) is 34.9 Å². The predicted octanol–water partition coefficient (Wildman–Crippen LogP) is 2.29. The molecule has 1 heterocycles. The van der Waals surface area contributed by atoms with Crippen molar-refractivity contribution in [1.29, 1.82) is 0 Å². The van der Waals surface area contributed by atoms with E-state index in [9.17, 15) is 8.60 Å². The third-order valence-electron chi connectivity index (χ3n) is 2.51. The number of fused-ring (bicyclic) bond motifs is 1. The van der Waals surface area contributed by atoms with Gasteiger partial charge in [0.15, 0.2) is 0 Å². The zero-order valence-electron chi connectivity index (χ0n) is 9.32. The minimum absolute atomic E-state index is 0.257. The van der Waals surface area contributed by atoms with E-state index in [-0.39, 0.29) is 11.7 Å². The Kier molecular flexibility index (Phi) is 3.79. The molecule has 0 radical (unpaired) electrons. The summed E-state index contributed by atoms with van der Waals surface area (Å²) < 4.78 is 26.1. The first-order valence-electron chi connectivity index (χ1n) is 5.12. The highest BCUT2D eigenvalue weighted by Crippen LogP contribution is 2.18. The number of aromatic nitrogens is 2. The Hall–Kier alpha value is -0.940. The fourth-order valence-corrected chi connectivity index (χ4v) is 2.37. The van der Waals surface area contributed by atoms with Gasteiger partial charge in [0.25, 0.3) is 0 Å². The van der Waals surface area contributed by atoms with E-state index in [0.717, 1.165) is 5.52 Å². The van der Waals surface area contributed by atoms with Crippen LogP contribution >= 0.6 is 11.6 Å². The second kappa shape index (κ2) is 5.14. The minimum Gasteiger partial charge on any atom is -0.326 e. The molecule has 3 nitrogen and oxygen atoms in total. The van der Waals surface area contributed by atoms with Crippen molar-refractivity contribution in [3.8, 4) is 0 Å². The average Bonchev–Trinajstić information content (AvgIpc) is 2.63. The summed E-state index contributed by atoms with van der Waals surface area (Å²) >= 11 is 5.81. The first kappa shape index (κ1) is 12.5. The van der Waals surface area contributed by atoms with Crippen LogP contribution in [0.3, 0.4) is 0 Å². The Morgan fingerprint density at radius 1 is 1.53 bits per heavy atom. The summed E-state index contributed by atoms with van der Waals surface area (Å²) in [7, 11) is -0.874. The lowest BCUT2D eigenvalue weighted by atomic mass is 10.3. The van der Waals surface area contributed by atoms with E-state index in [4.69, 9.17) is 11.6 Å². The third-order valence-corrected chi connectivity index (χ3v) is 3.51. The minimum atomic E-state index is -0.874. The van der Waals surface area contributed by atoms with Crippen LogP contribution in [0.4, 0.5) is 4.39 Å². The normalized spacial score (nSPS) is 13.1. The zero-order valence-corrected chi connectivity index (χ0v) is 10.9.